The van der Waals surface area contributed by atoms with Crippen molar-refractivity contribution in [3.8, 4) is 11.3 Å². The first-order chi connectivity index (χ1) is 15.9. The molecule has 8 heteroatoms. The monoisotopic (exact) mass is 445 g/mol. The lowest BCUT2D eigenvalue weighted by Crippen LogP contribution is -2.49. The standard InChI is InChI=1S/C25H27N5O3/c1-18-7-6-8-19(2)24(18)27-23(31)17-28-13-15-29(16-14-28)22-12-11-21(30(32)33)25(26-22)20-9-4-3-5-10-20/h3-12H,13-17H2,1-2H3,(H,27,31). The summed E-state index contributed by atoms with van der Waals surface area (Å²) in [5.74, 6) is 0.680. The minimum absolute atomic E-state index is 0.00763. The Morgan fingerprint density at radius 2 is 1.64 bits per heavy atom. The van der Waals surface area contributed by atoms with Crippen molar-refractivity contribution in [2.24, 2.45) is 0 Å². The molecule has 1 amide bonds. The summed E-state index contributed by atoms with van der Waals surface area (Å²) in [4.78, 5) is 32.6. The Balaban J connectivity index is 1.41. The predicted octanol–water partition coefficient (Wildman–Crippen LogP) is 4.03. The van der Waals surface area contributed by atoms with Crippen molar-refractivity contribution in [1.82, 2.24) is 9.88 Å². The zero-order chi connectivity index (χ0) is 23.4. The highest BCUT2D eigenvalue weighted by Gasteiger charge is 2.23. The van der Waals surface area contributed by atoms with Gasteiger partial charge in [-0.3, -0.25) is 19.8 Å². The van der Waals surface area contributed by atoms with Crippen molar-refractivity contribution < 1.29 is 9.72 Å². The predicted molar refractivity (Wildman–Crippen MR) is 130 cm³/mol. The van der Waals surface area contributed by atoms with Gasteiger partial charge in [-0.15, -0.1) is 0 Å². The fraction of sp³-hybridized carbons (Fsp3) is 0.280. The van der Waals surface area contributed by atoms with Crippen LogP contribution in [0.4, 0.5) is 17.2 Å². The number of nitrogens with one attached hydrogen (secondary N) is 1. The summed E-state index contributed by atoms with van der Waals surface area (Å²) in [5.41, 5.74) is 4.05. The summed E-state index contributed by atoms with van der Waals surface area (Å²) >= 11 is 0. The zero-order valence-electron chi connectivity index (χ0n) is 18.8. The van der Waals surface area contributed by atoms with Crippen LogP contribution >= 0.6 is 0 Å². The highest BCUT2D eigenvalue weighted by Crippen LogP contribution is 2.30. The van der Waals surface area contributed by atoms with E-state index in [1.807, 2.05) is 62.4 Å². The smallest absolute Gasteiger partial charge is 0.295 e. The lowest BCUT2D eigenvalue weighted by atomic mass is 10.1. The number of pyridine rings is 1. The van der Waals surface area contributed by atoms with Gasteiger partial charge >= 0.3 is 0 Å². The number of rotatable bonds is 6. The molecule has 1 aliphatic heterocycles. The number of carbonyl (C=O) groups is 1. The average molecular weight is 446 g/mol. The lowest BCUT2D eigenvalue weighted by Gasteiger charge is -2.35. The molecule has 1 aromatic heterocycles. The first-order valence-corrected chi connectivity index (χ1v) is 11.0. The van der Waals surface area contributed by atoms with Crippen LogP contribution in [0.5, 0.6) is 0 Å². The van der Waals surface area contributed by atoms with Crippen LogP contribution in [0.25, 0.3) is 11.3 Å². The van der Waals surface area contributed by atoms with Crippen LogP contribution in [0.15, 0.2) is 60.7 Å². The van der Waals surface area contributed by atoms with Crippen molar-refractivity contribution in [3.63, 3.8) is 0 Å². The molecule has 1 fully saturated rings. The number of aromatic nitrogens is 1. The van der Waals surface area contributed by atoms with Crippen LogP contribution in [0.1, 0.15) is 11.1 Å². The molecular weight excluding hydrogens is 418 g/mol. The van der Waals surface area contributed by atoms with E-state index in [9.17, 15) is 14.9 Å². The second kappa shape index (κ2) is 9.79. The highest BCUT2D eigenvalue weighted by atomic mass is 16.6. The van der Waals surface area contributed by atoms with Crippen LogP contribution < -0.4 is 10.2 Å². The SMILES string of the molecule is Cc1cccc(C)c1NC(=O)CN1CCN(c2ccc([N+](=O)[O-])c(-c3ccccc3)n2)CC1. The van der Waals surface area contributed by atoms with Gasteiger partial charge in [0.05, 0.1) is 11.5 Å². The molecule has 4 rings (SSSR count). The third kappa shape index (κ3) is 5.18. The summed E-state index contributed by atoms with van der Waals surface area (Å²) in [5, 5.41) is 14.5. The molecule has 2 aromatic carbocycles. The van der Waals surface area contributed by atoms with Gasteiger partial charge in [0.25, 0.3) is 5.69 Å². The molecule has 0 unspecified atom stereocenters. The second-order valence-corrected chi connectivity index (χ2v) is 8.24. The molecule has 33 heavy (non-hydrogen) atoms. The number of nitrogens with zero attached hydrogens (tertiary/aromatic N) is 4. The molecule has 0 aliphatic carbocycles. The number of nitro groups is 1. The van der Waals surface area contributed by atoms with Crippen molar-refractivity contribution in [2.75, 3.05) is 42.9 Å². The number of piperazine rings is 1. The molecule has 3 aromatic rings. The van der Waals surface area contributed by atoms with Crippen molar-refractivity contribution in [1.29, 1.82) is 0 Å². The summed E-state index contributed by atoms with van der Waals surface area (Å²) in [6.07, 6.45) is 0. The van der Waals surface area contributed by atoms with Crippen LogP contribution in [0.3, 0.4) is 0 Å². The van der Waals surface area contributed by atoms with Gasteiger partial charge in [0.1, 0.15) is 5.82 Å². The fourth-order valence-corrected chi connectivity index (χ4v) is 4.10. The van der Waals surface area contributed by atoms with E-state index in [-0.39, 0.29) is 11.6 Å². The van der Waals surface area contributed by atoms with Gasteiger partial charge in [0.15, 0.2) is 5.69 Å². The van der Waals surface area contributed by atoms with Gasteiger partial charge in [0, 0.05) is 43.5 Å². The number of carbonyl (C=O) groups excluding carboxylic acids is 1. The van der Waals surface area contributed by atoms with Gasteiger partial charge in [-0.2, -0.15) is 0 Å². The third-order valence-electron chi connectivity index (χ3n) is 5.91. The maximum atomic E-state index is 12.6. The summed E-state index contributed by atoms with van der Waals surface area (Å²) in [6.45, 7) is 7.10. The molecule has 0 atom stereocenters. The molecule has 1 saturated heterocycles. The summed E-state index contributed by atoms with van der Waals surface area (Å²) < 4.78 is 0. The number of benzene rings is 2. The van der Waals surface area contributed by atoms with Gasteiger partial charge in [-0.25, -0.2) is 4.98 Å². The Bertz CT molecular complexity index is 1140. The van der Waals surface area contributed by atoms with Crippen LogP contribution in [0.2, 0.25) is 0 Å². The molecule has 8 nitrogen and oxygen atoms in total. The molecular formula is C25H27N5O3. The van der Waals surface area contributed by atoms with E-state index in [0.29, 0.717) is 49.8 Å². The molecule has 0 radical (unpaired) electrons. The lowest BCUT2D eigenvalue weighted by molar-refractivity contribution is -0.384. The normalized spacial score (nSPS) is 14.2. The van der Waals surface area contributed by atoms with Crippen LogP contribution in [-0.2, 0) is 4.79 Å². The van der Waals surface area contributed by atoms with Gasteiger partial charge in [0.2, 0.25) is 5.91 Å². The first-order valence-electron chi connectivity index (χ1n) is 11.0. The third-order valence-corrected chi connectivity index (χ3v) is 5.91. The highest BCUT2D eigenvalue weighted by molar-refractivity contribution is 5.93. The van der Waals surface area contributed by atoms with E-state index in [2.05, 4.69) is 20.1 Å². The van der Waals surface area contributed by atoms with Crippen LogP contribution in [0, 0.1) is 24.0 Å². The maximum absolute atomic E-state index is 12.6. The summed E-state index contributed by atoms with van der Waals surface area (Å²) in [7, 11) is 0. The van der Waals surface area contributed by atoms with Gasteiger partial charge < -0.3 is 10.2 Å². The van der Waals surface area contributed by atoms with E-state index in [0.717, 1.165) is 16.8 Å². The van der Waals surface area contributed by atoms with Crippen molar-refractivity contribution in [2.45, 2.75) is 13.8 Å². The fourth-order valence-electron chi connectivity index (χ4n) is 4.10. The number of para-hydroxylation sites is 1. The van der Waals surface area contributed by atoms with Crippen molar-refractivity contribution in [3.05, 3.63) is 81.9 Å². The number of amides is 1. The number of hydrogen-bond acceptors (Lipinski definition) is 6. The summed E-state index contributed by atoms with van der Waals surface area (Å²) in [6, 6.07) is 18.4. The molecule has 0 saturated carbocycles. The number of aryl methyl sites for hydroxylation is 2. The Labute approximate surface area is 193 Å². The van der Waals surface area contributed by atoms with E-state index < -0.39 is 4.92 Å². The Hall–Kier alpha value is -3.78. The Kier molecular flexibility index (Phi) is 6.65. The Morgan fingerprint density at radius 1 is 0.970 bits per heavy atom. The maximum Gasteiger partial charge on any atom is 0.295 e. The van der Waals surface area contributed by atoms with Crippen LogP contribution in [-0.4, -0.2) is 53.4 Å². The topological polar surface area (TPSA) is 91.6 Å². The molecule has 0 spiro atoms. The second-order valence-electron chi connectivity index (χ2n) is 8.24. The Morgan fingerprint density at radius 3 is 2.27 bits per heavy atom. The average Bonchev–Trinajstić information content (AvgIpc) is 2.82. The molecule has 2 heterocycles. The number of anilines is 2. The number of hydrogen-bond donors (Lipinski definition) is 1. The minimum Gasteiger partial charge on any atom is -0.354 e. The zero-order valence-corrected chi connectivity index (χ0v) is 18.8. The largest absolute Gasteiger partial charge is 0.354 e. The van der Waals surface area contributed by atoms with E-state index in [1.54, 1.807) is 6.07 Å². The minimum atomic E-state index is -0.397. The first kappa shape index (κ1) is 22.4. The molecule has 1 aliphatic rings. The quantitative estimate of drug-likeness (QED) is 0.455. The van der Waals surface area contributed by atoms with E-state index in [1.165, 1.54) is 6.07 Å². The van der Waals surface area contributed by atoms with Crippen molar-refractivity contribution >= 4 is 23.1 Å². The van der Waals surface area contributed by atoms with Gasteiger partial charge in [-0.1, -0.05) is 48.5 Å². The molecule has 1 N–H and O–H groups in total. The molecule has 170 valence electrons. The molecule has 0 bridgehead atoms. The van der Waals surface area contributed by atoms with E-state index in [4.69, 9.17) is 0 Å². The van der Waals surface area contributed by atoms with Gasteiger partial charge in [-0.05, 0) is 31.0 Å². The van der Waals surface area contributed by atoms with E-state index >= 15 is 0 Å².